The van der Waals surface area contributed by atoms with E-state index >= 15 is 0 Å². The molecule has 6 aromatic carbocycles. The Morgan fingerprint density at radius 1 is 0.444 bits per heavy atom. The summed E-state index contributed by atoms with van der Waals surface area (Å²) in [6.45, 7) is 0. The monoisotopic (exact) mass is 498 g/mol. The molecule has 0 N–H and O–H groups in total. The van der Waals surface area contributed by atoms with Gasteiger partial charge in [-0.25, -0.2) is 0 Å². The van der Waals surface area contributed by atoms with Gasteiger partial charge in [-0.2, -0.15) is 0 Å². The van der Waals surface area contributed by atoms with Gasteiger partial charge in [-0.1, -0.05) is 115 Å². The van der Waals surface area contributed by atoms with E-state index in [1.54, 1.807) is 0 Å². The Bertz CT molecular complexity index is 1750. The summed E-state index contributed by atoms with van der Waals surface area (Å²) in [6.07, 6.45) is 0. The Labute approximate surface area is 218 Å². The van der Waals surface area contributed by atoms with Crippen molar-refractivity contribution in [3.63, 3.8) is 0 Å². The van der Waals surface area contributed by atoms with Crippen molar-refractivity contribution >= 4 is 32.4 Å². The minimum Gasteiger partial charge on any atom is -0.131 e. The van der Waals surface area contributed by atoms with Crippen molar-refractivity contribution in [3.05, 3.63) is 145 Å². The quantitative estimate of drug-likeness (QED) is 0.227. The van der Waals surface area contributed by atoms with Crippen LogP contribution in [0.15, 0.2) is 159 Å². The maximum atomic E-state index is 6.69. The summed E-state index contributed by atoms with van der Waals surface area (Å²) >= 11 is 6.69. The molecule has 1 aliphatic heterocycles. The van der Waals surface area contributed by atoms with Crippen molar-refractivity contribution in [3.8, 4) is 22.3 Å². The molecule has 2 heteroatoms. The van der Waals surface area contributed by atoms with Crippen molar-refractivity contribution in [1.82, 2.24) is 0 Å². The fourth-order valence-corrected chi connectivity index (χ4v) is 10.3. The zero-order valence-electron chi connectivity index (χ0n) is 19.6. The van der Waals surface area contributed by atoms with Gasteiger partial charge in [0.15, 0.2) is 0 Å². The first kappa shape index (κ1) is 21.5. The molecule has 6 aromatic rings. The van der Waals surface area contributed by atoms with Gasteiger partial charge in [0.25, 0.3) is 0 Å². The standard InChI is InChI=1S/C34H23ClS/c35-31-18-8-6-15-27(31)25-21-22-30-29-17-7-9-19-33(29)36(34(30)23-25,26-13-2-1-3-14-26)32-20-10-12-24-11-4-5-16-28(24)32/h1-23H. The van der Waals surface area contributed by atoms with E-state index in [2.05, 4.69) is 127 Å². The van der Waals surface area contributed by atoms with Crippen LogP contribution >= 0.6 is 21.6 Å². The number of benzene rings is 6. The summed E-state index contributed by atoms with van der Waals surface area (Å²) < 4.78 is 0. The minimum atomic E-state index is -1.75. The van der Waals surface area contributed by atoms with Gasteiger partial charge in [0.2, 0.25) is 0 Å². The molecule has 1 heterocycles. The number of rotatable bonds is 3. The molecule has 0 aromatic heterocycles. The van der Waals surface area contributed by atoms with Crippen LogP contribution in [0, 0.1) is 0 Å². The van der Waals surface area contributed by atoms with Crippen molar-refractivity contribution < 1.29 is 0 Å². The molecule has 7 rings (SSSR count). The summed E-state index contributed by atoms with van der Waals surface area (Å²) in [6, 6.07) is 50.7. The van der Waals surface area contributed by atoms with Gasteiger partial charge in [-0.15, -0.1) is 10.0 Å². The molecular formula is C34H23ClS. The third-order valence-corrected chi connectivity index (χ3v) is 11.5. The Balaban J connectivity index is 1.66. The number of fused-ring (bicyclic) bond motifs is 4. The summed E-state index contributed by atoms with van der Waals surface area (Å²) in [4.78, 5) is 5.51. The maximum absolute atomic E-state index is 6.69. The highest BCUT2D eigenvalue weighted by Gasteiger charge is 2.42. The van der Waals surface area contributed by atoms with Crippen LogP contribution in [0.4, 0.5) is 0 Å². The molecule has 0 radical (unpaired) electrons. The smallest absolute Gasteiger partial charge is 0.0484 e. The predicted molar refractivity (Wildman–Crippen MR) is 153 cm³/mol. The predicted octanol–water partition coefficient (Wildman–Crippen LogP) is 10.5. The molecule has 0 saturated carbocycles. The van der Waals surface area contributed by atoms with Crippen molar-refractivity contribution in [2.45, 2.75) is 19.6 Å². The zero-order chi connectivity index (χ0) is 24.1. The molecule has 0 fully saturated rings. The van der Waals surface area contributed by atoms with Crippen LogP contribution in [0.25, 0.3) is 33.0 Å². The molecule has 0 nitrogen and oxygen atoms in total. The zero-order valence-corrected chi connectivity index (χ0v) is 21.1. The van der Waals surface area contributed by atoms with Crippen LogP contribution in [0.1, 0.15) is 0 Å². The Kier molecular flexibility index (Phi) is 5.02. The third kappa shape index (κ3) is 3.03. The van der Waals surface area contributed by atoms with Gasteiger partial charge < -0.3 is 0 Å². The highest BCUT2D eigenvalue weighted by atomic mass is 35.5. The van der Waals surface area contributed by atoms with Gasteiger partial charge in [0.1, 0.15) is 0 Å². The largest absolute Gasteiger partial charge is 0.131 e. The van der Waals surface area contributed by atoms with Gasteiger partial charge >= 0.3 is 0 Å². The SMILES string of the molecule is Clc1ccccc1-c1ccc2c(c1)S(c1ccccc1)(c1cccc3ccccc13)c1ccccc1-2. The molecule has 36 heavy (non-hydrogen) atoms. The molecule has 0 aliphatic carbocycles. The molecule has 1 aliphatic rings. The van der Waals surface area contributed by atoms with Crippen LogP contribution in [-0.2, 0) is 0 Å². The normalized spacial score (nSPS) is 17.8. The van der Waals surface area contributed by atoms with Crippen LogP contribution in [0.2, 0.25) is 5.02 Å². The molecule has 1 unspecified atom stereocenters. The van der Waals surface area contributed by atoms with E-state index in [1.165, 1.54) is 41.5 Å². The first-order chi connectivity index (χ1) is 17.8. The first-order valence-corrected chi connectivity index (χ1v) is 14.1. The summed E-state index contributed by atoms with van der Waals surface area (Å²) in [5.41, 5.74) is 4.86. The molecule has 0 spiro atoms. The van der Waals surface area contributed by atoms with E-state index in [0.29, 0.717) is 0 Å². The minimum absolute atomic E-state index is 0.776. The van der Waals surface area contributed by atoms with E-state index in [9.17, 15) is 0 Å². The molecule has 0 amide bonds. The number of halogens is 1. The van der Waals surface area contributed by atoms with Crippen LogP contribution < -0.4 is 0 Å². The molecule has 172 valence electrons. The number of hydrogen-bond donors (Lipinski definition) is 0. The lowest BCUT2D eigenvalue weighted by atomic mass is 10.0. The summed E-state index contributed by atoms with van der Waals surface area (Å²) in [5, 5.41) is 3.36. The Morgan fingerprint density at radius 3 is 1.94 bits per heavy atom. The second-order valence-electron chi connectivity index (χ2n) is 9.09. The topological polar surface area (TPSA) is 0 Å². The third-order valence-electron chi connectivity index (χ3n) is 7.18. The van der Waals surface area contributed by atoms with Crippen LogP contribution in [-0.4, -0.2) is 0 Å². The maximum Gasteiger partial charge on any atom is 0.0484 e. The summed E-state index contributed by atoms with van der Waals surface area (Å²) in [5.74, 6) is 0. The highest BCUT2D eigenvalue weighted by Crippen LogP contribution is 2.80. The molecule has 1 atom stereocenters. The lowest BCUT2D eigenvalue weighted by Gasteiger charge is -2.40. The van der Waals surface area contributed by atoms with Gasteiger partial charge in [-0.05, 0) is 63.9 Å². The van der Waals surface area contributed by atoms with Gasteiger partial charge in [0.05, 0.1) is 0 Å². The van der Waals surface area contributed by atoms with E-state index in [4.69, 9.17) is 11.6 Å². The van der Waals surface area contributed by atoms with Gasteiger partial charge in [0, 0.05) is 30.2 Å². The molecule has 0 bridgehead atoms. The highest BCUT2D eigenvalue weighted by molar-refractivity contribution is 8.34. The number of hydrogen-bond acceptors (Lipinski definition) is 0. The van der Waals surface area contributed by atoms with Crippen molar-refractivity contribution in [1.29, 1.82) is 0 Å². The van der Waals surface area contributed by atoms with Crippen LogP contribution in [0.5, 0.6) is 0 Å². The second-order valence-corrected chi connectivity index (χ2v) is 12.5. The van der Waals surface area contributed by atoms with E-state index in [1.807, 2.05) is 12.1 Å². The second kappa shape index (κ2) is 8.41. The van der Waals surface area contributed by atoms with E-state index < -0.39 is 10.0 Å². The van der Waals surface area contributed by atoms with Gasteiger partial charge in [-0.3, -0.25) is 0 Å². The average molecular weight is 499 g/mol. The molecule has 0 saturated heterocycles. The summed E-state index contributed by atoms with van der Waals surface area (Å²) in [7, 11) is -1.75. The van der Waals surface area contributed by atoms with Crippen molar-refractivity contribution in [2.24, 2.45) is 0 Å². The Hall–Kier alpha value is -3.78. The Morgan fingerprint density at radius 2 is 1.08 bits per heavy atom. The fraction of sp³-hybridized carbons (Fsp3) is 0. The average Bonchev–Trinajstić information content (AvgIpc) is 3.24. The van der Waals surface area contributed by atoms with Crippen LogP contribution in [0.3, 0.4) is 0 Å². The van der Waals surface area contributed by atoms with Crippen molar-refractivity contribution in [2.75, 3.05) is 0 Å². The lowest BCUT2D eigenvalue weighted by Crippen LogP contribution is -2.03. The lowest BCUT2D eigenvalue weighted by molar-refractivity contribution is 1.31. The molecular weight excluding hydrogens is 476 g/mol. The van der Waals surface area contributed by atoms with E-state index in [-0.39, 0.29) is 0 Å². The fourth-order valence-electron chi connectivity index (χ4n) is 5.64. The first-order valence-electron chi connectivity index (χ1n) is 12.1. The van der Waals surface area contributed by atoms with E-state index in [0.717, 1.165) is 16.1 Å².